The van der Waals surface area contributed by atoms with Crippen LogP contribution >= 0.6 is 0 Å². The van der Waals surface area contributed by atoms with E-state index in [1.165, 1.54) is 0 Å². The van der Waals surface area contributed by atoms with E-state index in [2.05, 4.69) is 5.32 Å². The fourth-order valence-electron chi connectivity index (χ4n) is 1.42. The van der Waals surface area contributed by atoms with Crippen molar-refractivity contribution in [1.82, 2.24) is 5.32 Å². The zero-order valence-corrected chi connectivity index (χ0v) is 12.2. The molecule has 0 heterocycles. The number of carbonyl (C=O) groups is 1. The lowest BCUT2D eigenvalue weighted by Crippen LogP contribution is -2.22. The Balaban J connectivity index is 2.68. The number of allylic oxidation sites excluding steroid dienone is 1. The van der Waals surface area contributed by atoms with Crippen molar-refractivity contribution >= 4 is 5.78 Å². The van der Waals surface area contributed by atoms with Crippen LogP contribution in [-0.4, -0.2) is 12.4 Å². The number of rotatable bonds is 6. The number of carbonyl (C=O) groups excluding carboxylic acids is 1. The lowest BCUT2D eigenvalue weighted by Gasteiger charge is -2.16. The first-order valence-electron chi connectivity index (χ1n) is 6.60. The molecule has 3 heteroatoms. The summed E-state index contributed by atoms with van der Waals surface area (Å²) in [6.07, 6.45) is 1.55. The van der Waals surface area contributed by atoms with E-state index in [1.807, 2.05) is 58.0 Å². The Hall–Kier alpha value is -1.77. The zero-order chi connectivity index (χ0) is 14.3. The third-order valence-corrected chi connectivity index (χ3v) is 2.61. The van der Waals surface area contributed by atoms with Crippen molar-refractivity contribution in [2.45, 2.75) is 34.2 Å². The molecule has 0 aliphatic heterocycles. The van der Waals surface area contributed by atoms with Gasteiger partial charge < -0.3 is 10.1 Å². The Morgan fingerprint density at radius 2 is 1.89 bits per heavy atom. The maximum absolute atomic E-state index is 12.0. The fourth-order valence-corrected chi connectivity index (χ4v) is 1.42. The summed E-state index contributed by atoms with van der Waals surface area (Å²) in [6, 6.07) is 10.0. The van der Waals surface area contributed by atoms with Crippen LogP contribution < -0.4 is 5.32 Å². The molecule has 19 heavy (non-hydrogen) atoms. The van der Waals surface area contributed by atoms with Crippen molar-refractivity contribution in [3.8, 4) is 0 Å². The molecule has 1 aromatic rings. The maximum atomic E-state index is 12.0. The number of ketones is 1. The molecule has 0 fully saturated rings. The van der Waals surface area contributed by atoms with Crippen LogP contribution in [0, 0.1) is 5.41 Å². The molecular weight excluding hydrogens is 238 g/mol. The van der Waals surface area contributed by atoms with E-state index in [9.17, 15) is 4.79 Å². The minimum absolute atomic E-state index is 0.0523. The van der Waals surface area contributed by atoms with Gasteiger partial charge in [0.25, 0.3) is 0 Å². The summed E-state index contributed by atoms with van der Waals surface area (Å²) in [5, 5.41) is 3.16. The summed E-state index contributed by atoms with van der Waals surface area (Å²) in [4.78, 5) is 12.0. The maximum Gasteiger partial charge on any atom is 0.190 e. The lowest BCUT2D eigenvalue weighted by atomic mass is 9.91. The highest BCUT2D eigenvalue weighted by atomic mass is 16.5. The summed E-state index contributed by atoms with van der Waals surface area (Å²) in [6.45, 7) is 8.76. The standard InChI is InChI=1S/C16H23NO2/c1-5-19-15(11-14(18)16(2,3)4)17-12-13-9-7-6-8-10-13/h6-11,17H,5,12H2,1-4H3/b15-11-. The molecule has 0 unspecified atom stereocenters. The predicted molar refractivity (Wildman–Crippen MR) is 77.5 cm³/mol. The van der Waals surface area contributed by atoms with Crippen molar-refractivity contribution in [1.29, 1.82) is 0 Å². The molecule has 0 amide bonds. The number of benzene rings is 1. The van der Waals surface area contributed by atoms with Gasteiger partial charge in [-0.2, -0.15) is 0 Å². The van der Waals surface area contributed by atoms with Crippen LogP contribution in [0.15, 0.2) is 42.3 Å². The number of hydrogen-bond acceptors (Lipinski definition) is 3. The molecule has 1 aromatic carbocycles. The summed E-state index contributed by atoms with van der Waals surface area (Å²) in [5.41, 5.74) is 0.757. The van der Waals surface area contributed by atoms with Gasteiger partial charge >= 0.3 is 0 Å². The van der Waals surface area contributed by atoms with E-state index in [1.54, 1.807) is 6.08 Å². The van der Waals surface area contributed by atoms with Crippen molar-refractivity contribution in [2.24, 2.45) is 5.41 Å². The topological polar surface area (TPSA) is 38.3 Å². The summed E-state index contributed by atoms with van der Waals surface area (Å²) < 4.78 is 5.46. The molecule has 0 saturated heterocycles. The Labute approximate surface area is 115 Å². The number of ether oxygens (including phenoxy) is 1. The normalized spacial score (nSPS) is 12.1. The summed E-state index contributed by atoms with van der Waals surface area (Å²) in [5.74, 6) is 0.586. The molecular formula is C16H23NO2. The van der Waals surface area contributed by atoms with E-state index in [-0.39, 0.29) is 5.78 Å². The van der Waals surface area contributed by atoms with Gasteiger partial charge in [-0.25, -0.2) is 0 Å². The van der Waals surface area contributed by atoms with Crippen LogP contribution in [0.4, 0.5) is 0 Å². The fraction of sp³-hybridized carbons (Fsp3) is 0.438. The molecule has 3 nitrogen and oxygen atoms in total. The van der Waals surface area contributed by atoms with Crippen molar-refractivity contribution in [3.05, 3.63) is 47.9 Å². The van der Waals surface area contributed by atoms with Gasteiger partial charge in [0.15, 0.2) is 11.7 Å². The van der Waals surface area contributed by atoms with Gasteiger partial charge in [0.1, 0.15) is 0 Å². The van der Waals surface area contributed by atoms with E-state index in [0.29, 0.717) is 19.0 Å². The number of hydrogen-bond donors (Lipinski definition) is 1. The third-order valence-electron chi connectivity index (χ3n) is 2.61. The highest BCUT2D eigenvalue weighted by molar-refractivity contribution is 5.94. The van der Waals surface area contributed by atoms with Crippen LogP contribution in [0.3, 0.4) is 0 Å². The smallest absolute Gasteiger partial charge is 0.190 e. The first-order valence-corrected chi connectivity index (χ1v) is 6.60. The van der Waals surface area contributed by atoms with Gasteiger partial charge in [-0.3, -0.25) is 4.79 Å². The SMILES string of the molecule is CCO/C(=C\C(=O)C(C)(C)C)NCc1ccccc1. The van der Waals surface area contributed by atoms with Crippen LogP contribution in [-0.2, 0) is 16.1 Å². The minimum atomic E-state index is -0.392. The molecule has 0 radical (unpaired) electrons. The van der Waals surface area contributed by atoms with E-state index >= 15 is 0 Å². The first-order chi connectivity index (χ1) is 8.93. The molecule has 104 valence electrons. The number of nitrogens with one attached hydrogen (secondary N) is 1. The second-order valence-electron chi connectivity index (χ2n) is 5.40. The second-order valence-corrected chi connectivity index (χ2v) is 5.40. The Morgan fingerprint density at radius 1 is 1.26 bits per heavy atom. The zero-order valence-electron chi connectivity index (χ0n) is 12.2. The van der Waals surface area contributed by atoms with Gasteiger partial charge in [-0.15, -0.1) is 0 Å². The van der Waals surface area contributed by atoms with Gasteiger partial charge in [0.2, 0.25) is 0 Å². The minimum Gasteiger partial charge on any atom is -0.479 e. The predicted octanol–water partition coefficient (Wildman–Crippen LogP) is 3.27. The molecule has 0 bridgehead atoms. The van der Waals surface area contributed by atoms with E-state index in [0.717, 1.165) is 5.56 Å². The lowest BCUT2D eigenvalue weighted by molar-refractivity contribution is -0.121. The largest absolute Gasteiger partial charge is 0.479 e. The molecule has 0 aliphatic rings. The third kappa shape index (κ3) is 5.60. The van der Waals surface area contributed by atoms with E-state index in [4.69, 9.17) is 4.74 Å². The van der Waals surface area contributed by atoms with Crippen LogP contribution in [0.25, 0.3) is 0 Å². The molecule has 0 atom stereocenters. The van der Waals surface area contributed by atoms with Crippen LogP contribution in [0.5, 0.6) is 0 Å². The van der Waals surface area contributed by atoms with Crippen molar-refractivity contribution in [3.63, 3.8) is 0 Å². The average Bonchev–Trinajstić information content (AvgIpc) is 2.36. The van der Waals surface area contributed by atoms with Crippen LogP contribution in [0.2, 0.25) is 0 Å². The Kier molecular flexibility index (Phi) is 5.61. The molecule has 0 spiro atoms. The summed E-state index contributed by atoms with van der Waals surface area (Å²) in [7, 11) is 0. The van der Waals surface area contributed by atoms with Crippen molar-refractivity contribution < 1.29 is 9.53 Å². The molecule has 0 saturated carbocycles. The molecule has 0 aromatic heterocycles. The van der Waals surface area contributed by atoms with Gasteiger partial charge in [0, 0.05) is 18.0 Å². The molecule has 1 N–H and O–H groups in total. The monoisotopic (exact) mass is 261 g/mol. The average molecular weight is 261 g/mol. The van der Waals surface area contributed by atoms with Crippen molar-refractivity contribution in [2.75, 3.05) is 6.61 Å². The second kappa shape index (κ2) is 6.98. The Morgan fingerprint density at radius 3 is 2.42 bits per heavy atom. The Bertz CT molecular complexity index is 430. The first kappa shape index (κ1) is 15.3. The summed E-state index contributed by atoms with van der Waals surface area (Å²) >= 11 is 0. The van der Waals surface area contributed by atoms with Gasteiger partial charge in [0.05, 0.1) is 6.61 Å². The molecule has 1 rings (SSSR count). The highest BCUT2D eigenvalue weighted by Gasteiger charge is 2.20. The molecule has 0 aliphatic carbocycles. The quantitative estimate of drug-likeness (QED) is 0.631. The van der Waals surface area contributed by atoms with Gasteiger partial charge in [-0.1, -0.05) is 51.1 Å². The highest BCUT2D eigenvalue weighted by Crippen LogP contribution is 2.16. The van der Waals surface area contributed by atoms with Crippen LogP contribution in [0.1, 0.15) is 33.3 Å². The van der Waals surface area contributed by atoms with Gasteiger partial charge in [-0.05, 0) is 12.5 Å². The van der Waals surface area contributed by atoms with E-state index < -0.39 is 5.41 Å².